The van der Waals surface area contributed by atoms with Crippen molar-refractivity contribution in [3.63, 3.8) is 0 Å². The lowest BCUT2D eigenvalue weighted by Crippen LogP contribution is -2.59. The van der Waals surface area contributed by atoms with Gasteiger partial charge in [0, 0.05) is 75.4 Å². The number of hydrogen-bond acceptors (Lipinski definition) is 6. The fourth-order valence-electron chi connectivity index (χ4n) is 7.70. The Morgan fingerprint density at radius 3 is 2.50 bits per heavy atom. The number of nitrogens with one attached hydrogen (secondary N) is 4. The molecule has 3 aromatic rings. The number of fused-ring (bicyclic) bond motifs is 2. The summed E-state index contributed by atoms with van der Waals surface area (Å²) in [6.07, 6.45) is 5.88. The second-order valence-electron chi connectivity index (χ2n) is 13.2. The second-order valence-corrected chi connectivity index (χ2v) is 13.2. The van der Waals surface area contributed by atoms with E-state index < -0.39 is 6.04 Å². The van der Waals surface area contributed by atoms with Gasteiger partial charge in [-0.3, -0.25) is 14.8 Å². The van der Waals surface area contributed by atoms with Gasteiger partial charge in [0.2, 0.25) is 5.91 Å². The Morgan fingerprint density at radius 2 is 1.72 bits per heavy atom. The molecule has 5 amide bonds. The highest BCUT2D eigenvalue weighted by molar-refractivity contribution is 5.92. The van der Waals surface area contributed by atoms with Gasteiger partial charge in [0.25, 0.3) is 0 Å². The van der Waals surface area contributed by atoms with Gasteiger partial charge in [-0.15, -0.1) is 0 Å². The van der Waals surface area contributed by atoms with Crippen LogP contribution in [0.25, 0.3) is 10.9 Å². The Morgan fingerprint density at radius 1 is 0.957 bits per heavy atom. The van der Waals surface area contributed by atoms with E-state index in [9.17, 15) is 14.4 Å². The van der Waals surface area contributed by atoms with Crippen molar-refractivity contribution in [2.75, 3.05) is 57.7 Å². The number of carbonyl (C=O) groups is 3. The molecule has 46 heavy (non-hydrogen) atoms. The minimum absolute atomic E-state index is 0.0261. The molecule has 3 fully saturated rings. The van der Waals surface area contributed by atoms with Crippen molar-refractivity contribution in [1.82, 2.24) is 40.4 Å². The smallest absolute Gasteiger partial charge is 0.322 e. The minimum Gasteiger partial charge on any atom is -0.338 e. The molecule has 4 aliphatic heterocycles. The molecule has 0 saturated carbocycles. The first-order valence-electron chi connectivity index (χ1n) is 16.8. The van der Waals surface area contributed by atoms with E-state index in [4.69, 9.17) is 0 Å². The molecule has 0 spiro atoms. The number of para-hydroxylation sites is 1. The molecule has 12 heteroatoms. The van der Waals surface area contributed by atoms with Crippen LogP contribution >= 0.6 is 0 Å². The Labute approximate surface area is 269 Å². The number of aryl methyl sites for hydroxylation is 1. The van der Waals surface area contributed by atoms with E-state index in [-0.39, 0.29) is 24.0 Å². The van der Waals surface area contributed by atoms with Crippen LogP contribution in [0.3, 0.4) is 0 Å². The number of hydrogen-bond donors (Lipinski definition) is 4. The van der Waals surface area contributed by atoms with Crippen LogP contribution in [0.2, 0.25) is 0 Å². The number of aromatic amines is 1. The lowest BCUT2D eigenvalue weighted by Gasteiger charge is -2.42. The van der Waals surface area contributed by atoms with Crippen LogP contribution in [0.1, 0.15) is 42.4 Å². The van der Waals surface area contributed by atoms with Crippen LogP contribution in [0.5, 0.6) is 0 Å². The van der Waals surface area contributed by atoms with Gasteiger partial charge in [-0.05, 0) is 74.5 Å². The van der Waals surface area contributed by atoms with Gasteiger partial charge in [0.1, 0.15) is 6.04 Å². The normalized spacial score (nSPS) is 20.8. The van der Waals surface area contributed by atoms with Crippen molar-refractivity contribution in [3.05, 3.63) is 59.3 Å². The number of H-pyrrole nitrogens is 1. The van der Waals surface area contributed by atoms with Crippen molar-refractivity contribution in [1.29, 1.82) is 0 Å². The summed E-state index contributed by atoms with van der Waals surface area (Å²) in [5.74, 6) is -0.0261. The third-order valence-electron chi connectivity index (χ3n) is 10.3. The SMILES string of the molecule is Cc1cc(CC(NC(=O)N2CCC(N3Cc4ccccc4NC3=O)CC2)C(=O)N2CCN(C3CCNCC3)CC2)cc2cn[nH]c12. The molecule has 1 aromatic heterocycles. The molecular formula is C34H45N9O3. The Bertz CT molecular complexity index is 1570. The molecule has 5 heterocycles. The first kappa shape index (κ1) is 30.5. The van der Waals surface area contributed by atoms with Gasteiger partial charge in [-0.2, -0.15) is 5.10 Å². The molecular weight excluding hydrogens is 582 g/mol. The largest absolute Gasteiger partial charge is 0.338 e. The van der Waals surface area contributed by atoms with Crippen LogP contribution in [0, 0.1) is 6.92 Å². The van der Waals surface area contributed by atoms with Crippen molar-refractivity contribution in [3.8, 4) is 0 Å². The van der Waals surface area contributed by atoms with E-state index in [0.29, 0.717) is 58.0 Å². The highest BCUT2D eigenvalue weighted by Gasteiger charge is 2.35. The number of urea groups is 2. The summed E-state index contributed by atoms with van der Waals surface area (Å²) in [5, 5.41) is 17.8. The first-order valence-corrected chi connectivity index (χ1v) is 16.8. The molecule has 7 rings (SSSR count). The van der Waals surface area contributed by atoms with Gasteiger partial charge in [-0.25, -0.2) is 9.59 Å². The monoisotopic (exact) mass is 627 g/mol. The fraction of sp³-hybridized carbons (Fsp3) is 0.529. The topological polar surface area (TPSA) is 129 Å². The molecule has 12 nitrogen and oxygen atoms in total. The van der Waals surface area contributed by atoms with Gasteiger partial charge in [-0.1, -0.05) is 24.3 Å². The van der Waals surface area contributed by atoms with E-state index >= 15 is 0 Å². The number of piperidine rings is 2. The number of benzene rings is 2. The predicted octanol–water partition coefficient (Wildman–Crippen LogP) is 2.90. The quantitative estimate of drug-likeness (QED) is 0.333. The van der Waals surface area contributed by atoms with Gasteiger partial charge in [0.05, 0.1) is 11.7 Å². The highest BCUT2D eigenvalue weighted by atomic mass is 16.2. The molecule has 0 radical (unpaired) electrons. The number of piperazine rings is 1. The molecule has 3 saturated heterocycles. The molecule has 4 N–H and O–H groups in total. The van der Waals surface area contributed by atoms with E-state index in [1.807, 2.05) is 41.0 Å². The van der Waals surface area contributed by atoms with E-state index in [1.54, 1.807) is 11.1 Å². The summed E-state index contributed by atoms with van der Waals surface area (Å²) in [6, 6.07) is 11.7. The van der Waals surface area contributed by atoms with Crippen molar-refractivity contribution in [2.45, 2.75) is 63.7 Å². The van der Waals surface area contributed by atoms with Crippen molar-refractivity contribution in [2.24, 2.45) is 0 Å². The maximum Gasteiger partial charge on any atom is 0.322 e. The summed E-state index contributed by atoms with van der Waals surface area (Å²) in [7, 11) is 0. The van der Waals surface area contributed by atoms with E-state index in [2.05, 4.69) is 43.2 Å². The van der Waals surface area contributed by atoms with Crippen LogP contribution in [0.4, 0.5) is 15.3 Å². The molecule has 0 aliphatic carbocycles. The maximum atomic E-state index is 14.1. The first-order chi connectivity index (χ1) is 22.4. The van der Waals surface area contributed by atoms with Gasteiger partial charge < -0.3 is 30.7 Å². The highest BCUT2D eigenvalue weighted by Crippen LogP contribution is 2.28. The number of nitrogens with zero attached hydrogens (tertiary/aromatic N) is 5. The molecule has 244 valence electrons. The number of anilines is 1. The van der Waals surface area contributed by atoms with Crippen LogP contribution < -0.4 is 16.0 Å². The van der Waals surface area contributed by atoms with Gasteiger partial charge >= 0.3 is 12.1 Å². The number of aromatic nitrogens is 2. The van der Waals surface area contributed by atoms with Crippen molar-refractivity contribution < 1.29 is 14.4 Å². The van der Waals surface area contributed by atoms with E-state index in [1.165, 1.54) is 0 Å². The van der Waals surface area contributed by atoms with Crippen LogP contribution in [-0.2, 0) is 17.8 Å². The Balaban J connectivity index is 1.01. The van der Waals surface area contributed by atoms with E-state index in [0.717, 1.165) is 72.3 Å². The fourth-order valence-corrected chi connectivity index (χ4v) is 7.70. The molecule has 4 aliphatic rings. The summed E-state index contributed by atoms with van der Waals surface area (Å²) in [6.45, 7) is 8.81. The average Bonchev–Trinajstić information content (AvgIpc) is 3.57. The average molecular weight is 628 g/mol. The molecule has 1 atom stereocenters. The molecule has 2 aromatic carbocycles. The number of amides is 5. The lowest BCUT2D eigenvalue weighted by atomic mass is 9.99. The lowest BCUT2D eigenvalue weighted by molar-refractivity contribution is -0.135. The standard InChI is InChI=1S/C34H45N9O3/c1-23-18-24(19-26-21-36-39-31(23)26)20-30(32(44)41-16-14-40(15-17-41)27-6-10-35-11-7-27)38-33(45)42-12-8-28(9-13-42)43-22-25-4-2-3-5-29(25)37-34(43)46/h2-5,18-19,21,27-28,30,35H,6-17,20,22H2,1H3,(H,36,39)(H,37,46)(H,38,45). The summed E-state index contributed by atoms with van der Waals surface area (Å²) < 4.78 is 0. The number of rotatable bonds is 6. The Hall–Kier alpha value is -4.16. The molecule has 1 unspecified atom stereocenters. The zero-order valence-electron chi connectivity index (χ0n) is 26.6. The molecule has 0 bridgehead atoms. The van der Waals surface area contributed by atoms with Crippen LogP contribution in [0.15, 0.2) is 42.6 Å². The number of likely N-dealkylation sites (tertiary alicyclic amines) is 1. The minimum atomic E-state index is -0.677. The second kappa shape index (κ2) is 13.3. The summed E-state index contributed by atoms with van der Waals surface area (Å²) in [5.41, 5.74) is 5.01. The zero-order chi connectivity index (χ0) is 31.6. The van der Waals surface area contributed by atoms with Gasteiger partial charge in [0.15, 0.2) is 0 Å². The zero-order valence-corrected chi connectivity index (χ0v) is 26.6. The maximum absolute atomic E-state index is 14.1. The third-order valence-corrected chi connectivity index (χ3v) is 10.3. The number of carbonyl (C=O) groups excluding carboxylic acids is 3. The predicted molar refractivity (Wildman–Crippen MR) is 176 cm³/mol. The summed E-state index contributed by atoms with van der Waals surface area (Å²) >= 11 is 0. The third kappa shape index (κ3) is 6.41. The summed E-state index contributed by atoms with van der Waals surface area (Å²) in [4.78, 5) is 48.8. The van der Waals surface area contributed by atoms with Crippen molar-refractivity contribution >= 4 is 34.6 Å². The van der Waals surface area contributed by atoms with Crippen LogP contribution in [-0.4, -0.2) is 118 Å². The Kier molecular flexibility index (Phi) is 8.81.